The molecule has 1 aliphatic heterocycles. The fraction of sp³-hybridized carbons (Fsp3) is 0.286. The zero-order chi connectivity index (χ0) is 19.7. The van der Waals surface area contributed by atoms with Gasteiger partial charge in [-0.15, -0.1) is 0 Å². The van der Waals surface area contributed by atoms with Crippen molar-refractivity contribution in [2.75, 3.05) is 22.9 Å². The highest BCUT2D eigenvalue weighted by atomic mass is 16.4. The molecule has 0 atom stereocenters. The number of furan rings is 1. The molecule has 28 heavy (non-hydrogen) atoms. The van der Waals surface area contributed by atoms with Gasteiger partial charge in [-0.1, -0.05) is 12.1 Å². The van der Waals surface area contributed by atoms with Gasteiger partial charge in [0.1, 0.15) is 5.76 Å². The molecule has 3 heterocycles. The van der Waals surface area contributed by atoms with Crippen molar-refractivity contribution in [2.24, 2.45) is 0 Å². The van der Waals surface area contributed by atoms with Crippen LogP contribution in [0.3, 0.4) is 0 Å². The predicted molar refractivity (Wildman–Crippen MR) is 104 cm³/mol. The number of aromatic nitrogens is 1. The van der Waals surface area contributed by atoms with Crippen LogP contribution in [0.4, 0.5) is 11.4 Å². The van der Waals surface area contributed by atoms with Crippen LogP contribution >= 0.6 is 0 Å². The van der Waals surface area contributed by atoms with Crippen LogP contribution in [0.25, 0.3) is 11.7 Å². The lowest BCUT2D eigenvalue weighted by Gasteiger charge is -2.24. The highest BCUT2D eigenvalue weighted by Gasteiger charge is 2.27. The number of benzene rings is 1. The van der Waals surface area contributed by atoms with Gasteiger partial charge in [0, 0.05) is 20.0 Å². The Balaban J connectivity index is 1.61. The van der Waals surface area contributed by atoms with Crippen LogP contribution in [0.15, 0.2) is 51.5 Å². The molecule has 1 aromatic carbocycles. The van der Waals surface area contributed by atoms with Gasteiger partial charge in [-0.05, 0) is 37.6 Å². The summed E-state index contributed by atoms with van der Waals surface area (Å²) < 4.78 is 11.0. The number of hydrogen-bond acceptors (Lipinski definition) is 5. The number of hydrogen-bond donors (Lipinski definition) is 0. The van der Waals surface area contributed by atoms with Crippen molar-refractivity contribution in [3.63, 3.8) is 0 Å². The molecule has 0 unspecified atom stereocenters. The van der Waals surface area contributed by atoms with Gasteiger partial charge in [-0.25, -0.2) is 4.98 Å². The maximum absolute atomic E-state index is 13.1. The molecule has 1 aliphatic rings. The van der Waals surface area contributed by atoms with E-state index in [1.807, 2.05) is 24.3 Å². The number of fused-ring (bicyclic) bond motifs is 1. The van der Waals surface area contributed by atoms with E-state index in [0.717, 1.165) is 11.4 Å². The normalized spacial score (nSPS) is 13.9. The van der Waals surface area contributed by atoms with Crippen molar-refractivity contribution in [1.82, 2.24) is 4.98 Å². The summed E-state index contributed by atoms with van der Waals surface area (Å²) >= 11 is 0. The molecule has 144 valence electrons. The maximum atomic E-state index is 13.1. The molecule has 3 aromatic rings. The largest absolute Gasteiger partial charge is 0.459 e. The van der Waals surface area contributed by atoms with Gasteiger partial charge in [0.2, 0.25) is 11.8 Å². The number of amides is 2. The lowest BCUT2D eigenvalue weighted by atomic mass is 10.2. The van der Waals surface area contributed by atoms with Crippen LogP contribution in [0, 0.1) is 6.92 Å². The first-order chi connectivity index (χ1) is 13.5. The molecule has 0 bridgehead atoms. The van der Waals surface area contributed by atoms with Crippen LogP contribution in [-0.4, -0.2) is 29.9 Å². The Bertz CT molecular complexity index is 1010. The second-order valence-corrected chi connectivity index (χ2v) is 6.73. The van der Waals surface area contributed by atoms with E-state index >= 15 is 0 Å². The van der Waals surface area contributed by atoms with Crippen LogP contribution in [-0.2, 0) is 16.0 Å². The first-order valence-corrected chi connectivity index (χ1v) is 9.22. The van der Waals surface area contributed by atoms with Crippen LogP contribution in [0.1, 0.15) is 24.8 Å². The SMILES string of the molecule is CC(=O)N1CCCN(C(=O)Cc2nc(-c3ccco3)oc2C)c2ccccc21. The van der Waals surface area contributed by atoms with E-state index in [2.05, 4.69) is 4.98 Å². The highest BCUT2D eigenvalue weighted by molar-refractivity contribution is 6.02. The number of aryl methyl sites for hydroxylation is 1. The van der Waals surface area contributed by atoms with E-state index in [9.17, 15) is 9.59 Å². The third-order valence-electron chi connectivity index (χ3n) is 4.85. The molecule has 0 saturated heterocycles. The molecule has 0 N–H and O–H groups in total. The molecule has 4 rings (SSSR count). The van der Waals surface area contributed by atoms with Crippen molar-refractivity contribution >= 4 is 23.2 Å². The van der Waals surface area contributed by atoms with Gasteiger partial charge in [0.25, 0.3) is 5.89 Å². The number of carbonyl (C=O) groups is 2. The highest BCUT2D eigenvalue weighted by Crippen LogP contribution is 2.33. The Kier molecular flexibility index (Phi) is 4.73. The minimum atomic E-state index is -0.0831. The third-order valence-corrected chi connectivity index (χ3v) is 4.85. The Morgan fingerprint density at radius 1 is 1.07 bits per heavy atom. The van der Waals surface area contributed by atoms with E-state index in [0.29, 0.717) is 42.6 Å². The van der Waals surface area contributed by atoms with Crippen molar-refractivity contribution in [1.29, 1.82) is 0 Å². The minimum absolute atomic E-state index is 0.0304. The average Bonchev–Trinajstić information content (AvgIpc) is 3.27. The predicted octanol–water partition coefficient (Wildman–Crippen LogP) is 3.58. The number of anilines is 2. The van der Waals surface area contributed by atoms with Gasteiger partial charge in [-0.3, -0.25) is 9.59 Å². The van der Waals surface area contributed by atoms with Crippen LogP contribution in [0.2, 0.25) is 0 Å². The minimum Gasteiger partial charge on any atom is -0.459 e. The van der Waals surface area contributed by atoms with Gasteiger partial charge in [-0.2, -0.15) is 0 Å². The van der Waals surface area contributed by atoms with E-state index < -0.39 is 0 Å². The molecular weight excluding hydrogens is 358 g/mol. The van der Waals surface area contributed by atoms with Crippen LogP contribution in [0.5, 0.6) is 0 Å². The maximum Gasteiger partial charge on any atom is 0.263 e. The summed E-state index contributed by atoms with van der Waals surface area (Å²) in [6.07, 6.45) is 2.37. The summed E-state index contributed by atoms with van der Waals surface area (Å²) in [5.41, 5.74) is 2.09. The van der Waals surface area contributed by atoms with Crippen molar-refractivity contribution in [3.05, 3.63) is 54.1 Å². The van der Waals surface area contributed by atoms with Gasteiger partial charge in [0.05, 0.1) is 29.8 Å². The number of rotatable bonds is 3. The van der Waals surface area contributed by atoms with E-state index in [4.69, 9.17) is 8.83 Å². The van der Waals surface area contributed by atoms with E-state index in [1.54, 1.807) is 42.0 Å². The van der Waals surface area contributed by atoms with E-state index in [1.165, 1.54) is 0 Å². The Hall–Kier alpha value is -3.35. The van der Waals surface area contributed by atoms with Gasteiger partial charge >= 0.3 is 0 Å². The molecule has 0 radical (unpaired) electrons. The Morgan fingerprint density at radius 3 is 2.46 bits per heavy atom. The molecule has 0 spiro atoms. The summed E-state index contributed by atoms with van der Waals surface area (Å²) in [7, 11) is 0. The fourth-order valence-electron chi connectivity index (χ4n) is 3.47. The number of para-hydroxylation sites is 2. The topological polar surface area (TPSA) is 79.8 Å². The molecule has 2 amide bonds. The first kappa shape index (κ1) is 18.0. The van der Waals surface area contributed by atoms with Gasteiger partial charge < -0.3 is 18.6 Å². The summed E-state index contributed by atoms with van der Waals surface area (Å²) in [6, 6.07) is 11.0. The van der Waals surface area contributed by atoms with Crippen molar-refractivity contribution in [3.8, 4) is 11.7 Å². The molecule has 7 nitrogen and oxygen atoms in total. The smallest absolute Gasteiger partial charge is 0.263 e. The molecule has 2 aromatic heterocycles. The second-order valence-electron chi connectivity index (χ2n) is 6.73. The molecular formula is C21H21N3O4. The summed E-state index contributed by atoms with van der Waals surface area (Å²) in [6.45, 7) is 4.46. The van der Waals surface area contributed by atoms with E-state index in [-0.39, 0.29) is 18.2 Å². The summed E-state index contributed by atoms with van der Waals surface area (Å²) in [5.74, 6) is 1.37. The summed E-state index contributed by atoms with van der Waals surface area (Å²) in [4.78, 5) is 33.1. The molecule has 0 saturated carbocycles. The lowest BCUT2D eigenvalue weighted by molar-refractivity contribution is -0.118. The monoisotopic (exact) mass is 379 g/mol. The summed E-state index contributed by atoms with van der Waals surface area (Å²) in [5, 5.41) is 0. The number of nitrogens with zero attached hydrogens (tertiary/aromatic N) is 3. The first-order valence-electron chi connectivity index (χ1n) is 9.22. The zero-order valence-corrected chi connectivity index (χ0v) is 15.8. The van der Waals surface area contributed by atoms with Crippen molar-refractivity contribution in [2.45, 2.75) is 26.7 Å². The molecule has 0 fully saturated rings. The molecule has 0 aliphatic carbocycles. The molecule has 7 heteroatoms. The Morgan fingerprint density at radius 2 is 1.79 bits per heavy atom. The number of oxazole rings is 1. The third kappa shape index (κ3) is 3.31. The fourth-order valence-corrected chi connectivity index (χ4v) is 3.47. The standard InChI is InChI=1S/C21H21N3O4/c1-14-16(22-21(28-14)19-9-5-12-27-19)13-20(26)24-11-6-10-23(15(2)25)17-7-3-4-8-18(17)24/h3-5,7-9,12H,6,10-11,13H2,1-2H3. The second kappa shape index (κ2) is 7.34. The quantitative estimate of drug-likeness (QED) is 0.695. The number of carbonyl (C=O) groups excluding carboxylic acids is 2. The van der Waals surface area contributed by atoms with Gasteiger partial charge in [0.15, 0.2) is 5.76 Å². The zero-order valence-electron chi connectivity index (χ0n) is 15.8. The average molecular weight is 379 g/mol. The van der Waals surface area contributed by atoms with Crippen molar-refractivity contribution < 1.29 is 18.4 Å². The Labute approximate surface area is 162 Å². The van der Waals surface area contributed by atoms with Crippen LogP contribution < -0.4 is 9.80 Å². The lowest BCUT2D eigenvalue weighted by Crippen LogP contribution is -2.33.